The fraction of sp³-hybridized carbons (Fsp3) is 0.635. The van der Waals surface area contributed by atoms with E-state index in [1.807, 2.05) is 6.08 Å². The van der Waals surface area contributed by atoms with Crippen molar-refractivity contribution in [2.24, 2.45) is 0 Å². The molecule has 0 aliphatic carbocycles. The molecule has 0 heterocycles. The van der Waals surface area contributed by atoms with Crippen molar-refractivity contribution in [1.82, 2.24) is 0 Å². The van der Waals surface area contributed by atoms with Crippen molar-refractivity contribution < 1.29 is 28.6 Å². The molecule has 0 aliphatic rings. The van der Waals surface area contributed by atoms with E-state index in [1.165, 1.54) is 57.8 Å². The highest BCUT2D eigenvalue weighted by atomic mass is 16.6. The van der Waals surface area contributed by atoms with E-state index in [0.717, 1.165) is 96.3 Å². The molecule has 0 N–H and O–H groups in total. The summed E-state index contributed by atoms with van der Waals surface area (Å²) in [5, 5.41) is 0. The van der Waals surface area contributed by atoms with Crippen LogP contribution in [0.2, 0.25) is 0 Å². The molecule has 0 radical (unpaired) electrons. The van der Waals surface area contributed by atoms with Crippen LogP contribution >= 0.6 is 0 Å². The maximum absolute atomic E-state index is 12.7. The SMILES string of the molecule is CC/C=C\C/C=C\C/C=C\C/C=C\C/C=C\CCCCCC(=O)OCC(COC(=O)C/C=C\C/C=C\C/C=C\CC)OC(=O)CCCCCCCCCCCCCC. The Bertz CT molecular complexity index is 1200. The molecule has 328 valence electrons. The van der Waals surface area contributed by atoms with Gasteiger partial charge in [0.05, 0.1) is 6.42 Å². The number of unbranched alkanes of at least 4 members (excludes halogenated alkanes) is 14. The van der Waals surface area contributed by atoms with Crippen molar-refractivity contribution in [1.29, 1.82) is 0 Å². The van der Waals surface area contributed by atoms with Crippen LogP contribution in [0.15, 0.2) is 97.2 Å². The molecule has 0 aliphatic heterocycles. The first kappa shape index (κ1) is 54.3. The standard InChI is InChI=1S/C52H84O6/c1-4-7-10-13-16-19-21-23-24-25-26-27-28-29-31-33-36-39-42-45-51(54)57-48-49(47-56-50(53)44-41-38-35-32-18-15-12-9-6-3)58-52(55)46-43-40-37-34-30-22-20-17-14-11-8-5-2/h7,9-10,12,16,18-19,23-24,26-27,29,31-32,38,41,49H,4-6,8,11,13-15,17,20-22,25,28,30,33-37,39-40,42-48H2,1-3H3/b10-7-,12-9-,19-16-,24-23-,27-26-,31-29-,32-18-,41-38-. The summed E-state index contributed by atoms with van der Waals surface area (Å²) in [6, 6.07) is 0. The lowest BCUT2D eigenvalue weighted by molar-refractivity contribution is -0.166. The maximum Gasteiger partial charge on any atom is 0.309 e. The molecule has 0 amide bonds. The first-order chi connectivity index (χ1) is 28.5. The number of esters is 3. The van der Waals surface area contributed by atoms with E-state index < -0.39 is 12.1 Å². The van der Waals surface area contributed by atoms with Gasteiger partial charge < -0.3 is 14.2 Å². The third kappa shape index (κ3) is 43.5. The van der Waals surface area contributed by atoms with E-state index in [9.17, 15) is 14.4 Å². The summed E-state index contributed by atoms with van der Waals surface area (Å²) in [5.41, 5.74) is 0. The minimum atomic E-state index is -0.823. The Morgan fingerprint density at radius 2 is 0.741 bits per heavy atom. The van der Waals surface area contributed by atoms with Gasteiger partial charge in [-0.15, -0.1) is 0 Å². The summed E-state index contributed by atoms with van der Waals surface area (Å²) in [7, 11) is 0. The van der Waals surface area contributed by atoms with Gasteiger partial charge in [0.1, 0.15) is 13.2 Å². The van der Waals surface area contributed by atoms with Gasteiger partial charge in [-0.1, -0.05) is 195 Å². The third-order valence-electron chi connectivity index (χ3n) is 9.37. The Kier molecular flexibility index (Phi) is 43.1. The molecule has 0 rings (SSSR count). The average Bonchev–Trinajstić information content (AvgIpc) is 3.22. The monoisotopic (exact) mass is 805 g/mol. The van der Waals surface area contributed by atoms with Crippen molar-refractivity contribution >= 4 is 17.9 Å². The van der Waals surface area contributed by atoms with Gasteiger partial charge >= 0.3 is 17.9 Å². The third-order valence-corrected chi connectivity index (χ3v) is 9.37. The number of hydrogen-bond donors (Lipinski definition) is 0. The van der Waals surface area contributed by atoms with E-state index in [-0.39, 0.29) is 31.6 Å². The Morgan fingerprint density at radius 1 is 0.379 bits per heavy atom. The van der Waals surface area contributed by atoms with Gasteiger partial charge in [-0.25, -0.2) is 0 Å². The molecular weight excluding hydrogens is 721 g/mol. The second kappa shape index (κ2) is 46.0. The zero-order valence-electron chi connectivity index (χ0n) is 37.3. The topological polar surface area (TPSA) is 78.9 Å². The fourth-order valence-electron chi connectivity index (χ4n) is 5.94. The van der Waals surface area contributed by atoms with Crippen LogP contribution in [0.4, 0.5) is 0 Å². The van der Waals surface area contributed by atoms with E-state index in [1.54, 1.807) is 6.08 Å². The number of carbonyl (C=O) groups excluding carboxylic acids is 3. The molecule has 0 aromatic heterocycles. The summed E-state index contributed by atoms with van der Waals surface area (Å²) < 4.78 is 16.6. The van der Waals surface area contributed by atoms with Crippen molar-refractivity contribution in [3.8, 4) is 0 Å². The smallest absolute Gasteiger partial charge is 0.309 e. The van der Waals surface area contributed by atoms with Gasteiger partial charge in [-0.2, -0.15) is 0 Å². The molecule has 0 spiro atoms. The lowest BCUT2D eigenvalue weighted by Gasteiger charge is -2.18. The van der Waals surface area contributed by atoms with Gasteiger partial charge in [0.15, 0.2) is 6.10 Å². The molecule has 0 bridgehead atoms. The summed E-state index contributed by atoms with van der Waals surface area (Å²) in [6.07, 6.45) is 60.0. The van der Waals surface area contributed by atoms with Gasteiger partial charge in [0, 0.05) is 12.8 Å². The van der Waals surface area contributed by atoms with Gasteiger partial charge in [-0.05, 0) is 77.0 Å². The van der Waals surface area contributed by atoms with Crippen LogP contribution in [0, 0.1) is 0 Å². The Balaban J connectivity index is 4.46. The summed E-state index contributed by atoms with van der Waals surface area (Å²) in [5.74, 6) is -1.09. The quantitative estimate of drug-likeness (QED) is 0.0266. The lowest BCUT2D eigenvalue weighted by Crippen LogP contribution is -2.30. The average molecular weight is 805 g/mol. The Hall–Kier alpha value is -3.67. The second-order valence-electron chi connectivity index (χ2n) is 14.9. The molecular formula is C52H84O6. The fourth-order valence-corrected chi connectivity index (χ4v) is 5.94. The van der Waals surface area contributed by atoms with Crippen LogP contribution in [0.1, 0.15) is 194 Å². The van der Waals surface area contributed by atoms with Crippen LogP contribution in [0.25, 0.3) is 0 Å². The number of allylic oxidation sites excluding steroid dienone is 15. The van der Waals surface area contributed by atoms with Crippen LogP contribution in [0.3, 0.4) is 0 Å². The van der Waals surface area contributed by atoms with Gasteiger partial charge in [-0.3, -0.25) is 14.4 Å². The molecule has 0 aromatic rings. The van der Waals surface area contributed by atoms with Crippen molar-refractivity contribution in [3.05, 3.63) is 97.2 Å². The molecule has 0 saturated heterocycles. The second-order valence-corrected chi connectivity index (χ2v) is 14.9. The summed E-state index contributed by atoms with van der Waals surface area (Å²) in [6.45, 7) is 6.25. The molecule has 58 heavy (non-hydrogen) atoms. The normalized spacial score (nSPS) is 12.9. The van der Waals surface area contributed by atoms with Crippen LogP contribution in [-0.2, 0) is 28.6 Å². The molecule has 1 atom stereocenters. The van der Waals surface area contributed by atoms with Crippen molar-refractivity contribution in [2.45, 2.75) is 200 Å². The Labute approximate surface area is 356 Å². The largest absolute Gasteiger partial charge is 0.462 e. The minimum Gasteiger partial charge on any atom is -0.462 e. The minimum absolute atomic E-state index is 0.122. The summed E-state index contributed by atoms with van der Waals surface area (Å²) in [4.78, 5) is 37.6. The zero-order valence-corrected chi connectivity index (χ0v) is 37.3. The number of hydrogen-bond acceptors (Lipinski definition) is 6. The highest BCUT2D eigenvalue weighted by Gasteiger charge is 2.19. The molecule has 1 unspecified atom stereocenters. The zero-order chi connectivity index (χ0) is 42.3. The number of carbonyl (C=O) groups is 3. The maximum atomic E-state index is 12.7. The predicted molar refractivity (Wildman–Crippen MR) is 247 cm³/mol. The van der Waals surface area contributed by atoms with E-state index in [4.69, 9.17) is 14.2 Å². The van der Waals surface area contributed by atoms with E-state index in [2.05, 4.69) is 106 Å². The lowest BCUT2D eigenvalue weighted by atomic mass is 10.0. The van der Waals surface area contributed by atoms with Gasteiger partial charge in [0.25, 0.3) is 0 Å². The highest BCUT2D eigenvalue weighted by Crippen LogP contribution is 2.13. The highest BCUT2D eigenvalue weighted by molar-refractivity contribution is 5.72. The predicted octanol–water partition coefficient (Wildman–Crippen LogP) is 15.0. The first-order valence-corrected chi connectivity index (χ1v) is 23.2. The molecule has 0 aromatic carbocycles. The molecule has 0 fully saturated rings. The van der Waals surface area contributed by atoms with E-state index in [0.29, 0.717) is 12.8 Å². The first-order valence-electron chi connectivity index (χ1n) is 23.2. The van der Waals surface area contributed by atoms with Gasteiger partial charge in [0.2, 0.25) is 0 Å². The van der Waals surface area contributed by atoms with Crippen LogP contribution < -0.4 is 0 Å². The van der Waals surface area contributed by atoms with Crippen LogP contribution in [0.5, 0.6) is 0 Å². The summed E-state index contributed by atoms with van der Waals surface area (Å²) >= 11 is 0. The molecule has 0 saturated carbocycles. The molecule has 6 nitrogen and oxygen atoms in total. The van der Waals surface area contributed by atoms with Crippen molar-refractivity contribution in [2.75, 3.05) is 13.2 Å². The van der Waals surface area contributed by atoms with E-state index >= 15 is 0 Å². The number of rotatable bonds is 40. The number of ether oxygens (including phenoxy) is 3. The molecule has 6 heteroatoms. The Morgan fingerprint density at radius 3 is 1.21 bits per heavy atom. The van der Waals surface area contributed by atoms with Crippen molar-refractivity contribution in [3.63, 3.8) is 0 Å². The van der Waals surface area contributed by atoms with Crippen LogP contribution in [-0.4, -0.2) is 37.2 Å².